The van der Waals surface area contributed by atoms with Gasteiger partial charge in [-0.15, -0.1) is 0 Å². The zero-order valence-electron chi connectivity index (χ0n) is 15.6. The molecule has 0 aromatic rings. The van der Waals surface area contributed by atoms with Gasteiger partial charge in [-0.25, -0.2) is 0 Å². The number of aliphatic hydroxyl groups is 1. The summed E-state index contributed by atoms with van der Waals surface area (Å²) in [6.45, 7) is 2.71. The van der Waals surface area contributed by atoms with E-state index in [2.05, 4.69) is 31.2 Å². The largest absolute Gasteiger partial charge is 0.481 e. The standard InChI is InChI=1S/C18H32O2.C2H7NO/c1-2-3-4-5-6-7-8-9-10-11-12-13-14-15-16-17-18(19)20;3-1-2-4/h6-7,9-10H,2-5,8,11-17H2,1H3,(H,19,20);4H,1-3H2/b7-6-,10-9-;. The lowest BCUT2D eigenvalue weighted by molar-refractivity contribution is -0.137. The first-order chi connectivity index (χ1) is 11.7. The summed E-state index contributed by atoms with van der Waals surface area (Å²) in [5.74, 6) is -0.671. The predicted octanol–water partition coefficient (Wildman–Crippen LogP) is 4.82. The molecule has 142 valence electrons. The van der Waals surface area contributed by atoms with Crippen LogP contribution in [0.25, 0.3) is 0 Å². The van der Waals surface area contributed by atoms with Crippen LogP contribution in [0, 0.1) is 0 Å². The first-order valence-electron chi connectivity index (χ1n) is 9.51. The fraction of sp³-hybridized carbons (Fsp3) is 0.750. The normalized spacial score (nSPS) is 11.0. The van der Waals surface area contributed by atoms with Crippen molar-refractivity contribution in [3.8, 4) is 0 Å². The minimum absolute atomic E-state index is 0.0972. The summed E-state index contributed by atoms with van der Waals surface area (Å²) in [5, 5.41) is 16.3. The third kappa shape index (κ3) is 29.0. The number of aliphatic carboxylic acids is 1. The average molecular weight is 342 g/mol. The van der Waals surface area contributed by atoms with E-state index in [9.17, 15) is 4.79 Å². The van der Waals surface area contributed by atoms with Gasteiger partial charge in [0.1, 0.15) is 0 Å². The molecule has 0 aromatic heterocycles. The van der Waals surface area contributed by atoms with Gasteiger partial charge in [0.2, 0.25) is 0 Å². The van der Waals surface area contributed by atoms with Crippen molar-refractivity contribution in [1.82, 2.24) is 0 Å². The number of hydrogen-bond acceptors (Lipinski definition) is 3. The molecule has 4 N–H and O–H groups in total. The first kappa shape index (κ1) is 25.1. The Hall–Kier alpha value is -1.13. The third-order valence-electron chi connectivity index (χ3n) is 3.47. The molecule has 24 heavy (non-hydrogen) atoms. The minimum Gasteiger partial charge on any atom is -0.481 e. The van der Waals surface area contributed by atoms with Crippen molar-refractivity contribution < 1.29 is 15.0 Å². The van der Waals surface area contributed by atoms with Gasteiger partial charge in [-0.3, -0.25) is 4.79 Å². The van der Waals surface area contributed by atoms with Crippen LogP contribution in [0.2, 0.25) is 0 Å². The number of rotatable bonds is 15. The molecule has 0 bridgehead atoms. The van der Waals surface area contributed by atoms with Crippen molar-refractivity contribution in [2.75, 3.05) is 13.2 Å². The van der Waals surface area contributed by atoms with E-state index in [1.165, 1.54) is 44.9 Å². The Morgan fingerprint density at radius 2 is 1.38 bits per heavy atom. The highest BCUT2D eigenvalue weighted by molar-refractivity contribution is 5.66. The van der Waals surface area contributed by atoms with Crippen molar-refractivity contribution >= 4 is 5.97 Å². The summed E-state index contributed by atoms with van der Waals surface area (Å²) < 4.78 is 0. The third-order valence-corrected chi connectivity index (χ3v) is 3.47. The van der Waals surface area contributed by atoms with E-state index in [4.69, 9.17) is 15.9 Å². The summed E-state index contributed by atoms with van der Waals surface area (Å²) in [6, 6.07) is 0. The molecule has 0 fully saturated rings. The maximum atomic E-state index is 10.3. The number of hydrogen-bond donors (Lipinski definition) is 3. The summed E-state index contributed by atoms with van der Waals surface area (Å²) in [4.78, 5) is 10.3. The molecule has 0 aliphatic carbocycles. The molecule has 0 rings (SSSR count). The quantitative estimate of drug-likeness (QED) is 0.294. The van der Waals surface area contributed by atoms with Gasteiger partial charge in [0.15, 0.2) is 0 Å². The van der Waals surface area contributed by atoms with E-state index in [-0.39, 0.29) is 6.61 Å². The highest BCUT2D eigenvalue weighted by Gasteiger charge is 1.95. The maximum Gasteiger partial charge on any atom is 0.303 e. The predicted molar refractivity (Wildman–Crippen MR) is 103 cm³/mol. The second-order valence-electron chi connectivity index (χ2n) is 5.89. The van der Waals surface area contributed by atoms with Crippen molar-refractivity contribution in [2.24, 2.45) is 5.73 Å². The minimum atomic E-state index is -0.671. The molecule has 0 aliphatic rings. The summed E-state index contributed by atoms with van der Waals surface area (Å²) in [5.41, 5.74) is 4.78. The molecule has 4 nitrogen and oxygen atoms in total. The van der Waals surface area contributed by atoms with Gasteiger partial charge in [-0.05, 0) is 38.5 Å². The number of carboxylic acids is 1. The van der Waals surface area contributed by atoms with E-state index >= 15 is 0 Å². The lowest BCUT2D eigenvalue weighted by Gasteiger charge is -1.98. The highest BCUT2D eigenvalue weighted by atomic mass is 16.4. The van der Waals surface area contributed by atoms with Crippen LogP contribution in [0.5, 0.6) is 0 Å². The molecule has 0 radical (unpaired) electrons. The number of nitrogens with two attached hydrogens (primary N) is 1. The average Bonchev–Trinajstić information content (AvgIpc) is 2.58. The summed E-state index contributed by atoms with van der Waals surface area (Å²) >= 11 is 0. The van der Waals surface area contributed by atoms with E-state index in [0.717, 1.165) is 25.7 Å². The Morgan fingerprint density at radius 3 is 1.88 bits per heavy atom. The molecule has 0 saturated carbocycles. The molecule has 4 heteroatoms. The number of unbranched alkanes of at least 4 members (excludes halogenated alkanes) is 8. The number of carboxylic acid groups (broad SMARTS) is 1. The zero-order chi connectivity index (χ0) is 18.3. The number of carbonyl (C=O) groups is 1. The van der Waals surface area contributed by atoms with Crippen LogP contribution in [-0.2, 0) is 4.79 Å². The van der Waals surface area contributed by atoms with Gasteiger partial charge in [0.25, 0.3) is 0 Å². The van der Waals surface area contributed by atoms with Crippen molar-refractivity contribution in [3.05, 3.63) is 24.3 Å². The van der Waals surface area contributed by atoms with Crippen molar-refractivity contribution in [2.45, 2.75) is 84.0 Å². The maximum absolute atomic E-state index is 10.3. The van der Waals surface area contributed by atoms with Gasteiger partial charge < -0.3 is 15.9 Å². The van der Waals surface area contributed by atoms with Gasteiger partial charge >= 0.3 is 5.97 Å². The van der Waals surface area contributed by atoms with E-state index in [1.54, 1.807) is 0 Å². The SMILES string of the molecule is CCCCC/C=C\C/C=C\CCCCCCCC(=O)O.NCCO. The van der Waals surface area contributed by atoms with E-state index < -0.39 is 5.97 Å². The van der Waals surface area contributed by atoms with Gasteiger partial charge in [0, 0.05) is 13.0 Å². The first-order valence-corrected chi connectivity index (χ1v) is 9.51. The Bertz CT molecular complexity index is 299. The number of allylic oxidation sites excluding steroid dienone is 4. The topological polar surface area (TPSA) is 83.5 Å². The van der Waals surface area contributed by atoms with Crippen molar-refractivity contribution in [1.29, 1.82) is 0 Å². The van der Waals surface area contributed by atoms with Crippen molar-refractivity contribution in [3.63, 3.8) is 0 Å². The second kappa shape index (κ2) is 24.1. The molecule has 0 saturated heterocycles. The van der Waals surface area contributed by atoms with Gasteiger partial charge in [-0.2, -0.15) is 0 Å². The molecule has 0 aliphatic heterocycles. The monoisotopic (exact) mass is 341 g/mol. The molecule has 0 unspecified atom stereocenters. The Kier molecular flexibility index (Phi) is 25.2. The molecule has 0 atom stereocenters. The second-order valence-corrected chi connectivity index (χ2v) is 5.89. The zero-order valence-corrected chi connectivity index (χ0v) is 15.6. The smallest absolute Gasteiger partial charge is 0.303 e. The van der Waals surface area contributed by atoms with Crippen LogP contribution >= 0.6 is 0 Å². The summed E-state index contributed by atoms with van der Waals surface area (Å²) in [6.07, 6.45) is 22.3. The Labute approximate surface area is 148 Å². The Balaban J connectivity index is 0. The highest BCUT2D eigenvalue weighted by Crippen LogP contribution is 2.08. The van der Waals surface area contributed by atoms with E-state index in [1.807, 2.05) is 0 Å². The van der Waals surface area contributed by atoms with Crippen LogP contribution in [0.1, 0.15) is 84.0 Å². The lowest BCUT2D eigenvalue weighted by atomic mass is 10.1. The lowest BCUT2D eigenvalue weighted by Crippen LogP contribution is -2.02. The molecular weight excluding hydrogens is 302 g/mol. The molecule has 0 spiro atoms. The fourth-order valence-electron chi connectivity index (χ4n) is 2.09. The Morgan fingerprint density at radius 1 is 0.875 bits per heavy atom. The van der Waals surface area contributed by atoms with Crippen LogP contribution in [0.3, 0.4) is 0 Å². The molecule has 0 heterocycles. The summed E-state index contributed by atoms with van der Waals surface area (Å²) in [7, 11) is 0. The number of aliphatic hydroxyl groups excluding tert-OH is 1. The van der Waals surface area contributed by atoms with Crippen LogP contribution in [-0.4, -0.2) is 29.3 Å². The van der Waals surface area contributed by atoms with E-state index in [0.29, 0.717) is 13.0 Å². The van der Waals surface area contributed by atoms with Crippen LogP contribution in [0.15, 0.2) is 24.3 Å². The molecular formula is C20H39NO3. The molecule has 0 amide bonds. The van der Waals surface area contributed by atoms with Crippen LogP contribution in [0.4, 0.5) is 0 Å². The van der Waals surface area contributed by atoms with Gasteiger partial charge in [0.05, 0.1) is 6.61 Å². The molecule has 0 aromatic carbocycles. The van der Waals surface area contributed by atoms with Crippen LogP contribution < -0.4 is 5.73 Å². The fourth-order valence-corrected chi connectivity index (χ4v) is 2.09. The van der Waals surface area contributed by atoms with Gasteiger partial charge in [-0.1, -0.05) is 63.3 Å².